The van der Waals surface area contributed by atoms with E-state index in [1.54, 1.807) is 0 Å². The summed E-state index contributed by atoms with van der Waals surface area (Å²) in [4.78, 5) is 6.60. The molecule has 1 heterocycles. The van der Waals surface area contributed by atoms with Crippen LogP contribution in [-0.2, 0) is 6.18 Å². The number of rotatable bonds is 2. The molecule has 22 heavy (non-hydrogen) atoms. The zero-order valence-electron chi connectivity index (χ0n) is 11.5. The van der Waals surface area contributed by atoms with Gasteiger partial charge in [-0.05, 0) is 23.7 Å². The summed E-state index contributed by atoms with van der Waals surface area (Å²) >= 11 is 5.42. The smallest absolute Gasteiger partial charge is 0.339 e. The lowest BCUT2D eigenvalue weighted by atomic mass is 10.2. The van der Waals surface area contributed by atoms with Crippen LogP contribution in [0.2, 0.25) is 5.28 Å². The van der Waals surface area contributed by atoms with Gasteiger partial charge in [0.05, 0.1) is 0 Å². The minimum Gasteiger partial charge on any atom is -0.339 e. The average Bonchev–Trinajstić information content (AvgIpc) is 2.38. The van der Waals surface area contributed by atoms with E-state index in [-0.39, 0.29) is 5.69 Å². The SMILES string of the molecule is CC.Fc1cc(F)cc(Nc2nc(Cl)ncc2C(F)(F)F)c1. The maximum atomic E-state index is 13.0. The van der Waals surface area contributed by atoms with E-state index in [4.69, 9.17) is 11.6 Å². The predicted octanol–water partition coefficient (Wildman–Crippen LogP) is 5.20. The van der Waals surface area contributed by atoms with E-state index in [0.29, 0.717) is 12.3 Å². The first-order valence-electron chi connectivity index (χ1n) is 6.08. The maximum Gasteiger partial charge on any atom is 0.421 e. The normalized spacial score (nSPS) is 10.7. The van der Waals surface area contributed by atoms with Crippen LogP contribution < -0.4 is 5.32 Å². The van der Waals surface area contributed by atoms with Crippen LogP contribution in [-0.4, -0.2) is 9.97 Å². The van der Waals surface area contributed by atoms with Crippen molar-refractivity contribution in [1.29, 1.82) is 0 Å². The van der Waals surface area contributed by atoms with Gasteiger partial charge in [-0.15, -0.1) is 0 Å². The van der Waals surface area contributed by atoms with Crippen molar-refractivity contribution in [2.24, 2.45) is 0 Å². The molecule has 0 saturated carbocycles. The molecule has 0 aliphatic carbocycles. The quantitative estimate of drug-likeness (QED) is 0.604. The Morgan fingerprint density at radius 3 is 2.09 bits per heavy atom. The fraction of sp³-hybridized carbons (Fsp3) is 0.231. The van der Waals surface area contributed by atoms with Crippen molar-refractivity contribution >= 4 is 23.1 Å². The van der Waals surface area contributed by atoms with Crippen LogP contribution in [0.1, 0.15) is 19.4 Å². The van der Waals surface area contributed by atoms with Gasteiger partial charge in [-0.3, -0.25) is 0 Å². The average molecular weight is 340 g/mol. The lowest BCUT2D eigenvalue weighted by Gasteiger charge is -2.13. The van der Waals surface area contributed by atoms with Gasteiger partial charge >= 0.3 is 6.18 Å². The summed E-state index contributed by atoms with van der Waals surface area (Å²) in [6, 6.07) is 2.22. The zero-order valence-corrected chi connectivity index (χ0v) is 12.2. The van der Waals surface area contributed by atoms with Crippen molar-refractivity contribution in [3.8, 4) is 0 Å². The molecule has 0 bridgehead atoms. The van der Waals surface area contributed by atoms with Gasteiger partial charge in [-0.2, -0.15) is 18.2 Å². The van der Waals surface area contributed by atoms with E-state index in [2.05, 4.69) is 15.3 Å². The Balaban J connectivity index is 0.00000116. The number of halogens is 6. The summed E-state index contributed by atoms with van der Waals surface area (Å²) in [6.07, 6.45) is -4.26. The molecule has 0 radical (unpaired) electrons. The van der Waals surface area contributed by atoms with Gasteiger partial charge in [0.25, 0.3) is 0 Å². The Bertz CT molecular complexity index is 626. The molecule has 9 heteroatoms. The first-order valence-corrected chi connectivity index (χ1v) is 6.46. The highest BCUT2D eigenvalue weighted by atomic mass is 35.5. The second-order valence-electron chi connectivity index (χ2n) is 3.68. The summed E-state index contributed by atoms with van der Waals surface area (Å²) in [5.41, 5.74) is -1.44. The lowest BCUT2D eigenvalue weighted by Crippen LogP contribution is -2.11. The molecule has 1 N–H and O–H groups in total. The Hall–Kier alpha value is -1.96. The van der Waals surface area contributed by atoms with Gasteiger partial charge in [0, 0.05) is 18.0 Å². The molecule has 0 aliphatic rings. The highest BCUT2D eigenvalue weighted by molar-refractivity contribution is 6.28. The first-order chi connectivity index (χ1) is 10.3. The highest BCUT2D eigenvalue weighted by Gasteiger charge is 2.35. The van der Waals surface area contributed by atoms with E-state index >= 15 is 0 Å². The lowest BCUT2D eigenvalue weighted by molar-refractivity contribution is -0.137. The Labute approximate surface area is 128 Å². The third kappa shape index (κ3) is 4.80. The highest BCUT2D eigenvalue weighted by Crippen LogP contribution is 2.35. The first kappa shape index (κ1) is 18.1. The second kappa shape index (κ2) is 7.35. The van der Waals surface area contributed by atoms with Crippen LogP contribution in [0.3, 0.4) is 0 Å². The molecule has 2 rings (SSSR count). The van der Waals surface area contributed by atoms with E-state index in [1.165, 1.54) is 0 Å². The van der Waals surface area contributed by atoms with E-state index in [1.807, 2.05) is 13.8 Å². The third-order valence-electron chi connectivity index (χ3n) is 2.19. The summed E-state index contributed by atoms with van der Waals surface area (Å²) in [7, 11) is 0. The molecule has 3 nitrogen and oxygen atoms in total. The van der Waals surface area contributed by atoms with Crippen LogP contribution in [0, 0.1) is 11.6 Å². The van der Waals surface area contributed by atoms with E-state index in [0.717, 1.165) is 12.1 Å². The standard InChI is InChI=1S/C11H5ClF5N3.C2H6/c12-10-18-4-8(11(15,16)17)9(20-10)19-7-2-5(13)1-6(14)3-7;1-2/h1-4H,(H,18,19,20);1-2H3. The monoisotopic (exact) mass is 339 g/mol. The van der Waals surface area contributed by atoms with Crippen LogP contribution in [0.15, 0.2) is 24.4 Å². The number of nitrogens with zero attached hydrogens (tertiary/aromatic N) is 2. The molecule has 1 aromatic carbocycles. The third-order valence-corrected chi connectivity index (χ3v) is 2.37. The van der Waals surface area contributed by atoms with Gasteiger partial charge in [-0.1, -0.05) is 13.8 Å². The largest absolute Gasteiger partial charge is 0.421 e. The van der Waals surface area contributed by atoms with Gasteiger partial charge in [0.15, 0.2) is 0 Å². The molecule has 2 aromatic rings. The fourth-order valence-corrected chi connectivity index (χ4v) is 1.56. The maximum absolute atomic E-state index is 13.0. The van der Waals surface area contributed by atoms with Gasteiger partial charge in [0.1, 0.15) is 23.0 Å². The Morgan fingerprint density at radius 2 is 1.59 bits per heavy atom. The van der Waals surface area contributed by atoms with Gasteiger partial charge < -0.3 is 5.32 Å². The number of hydrogen-bond donors (Lipinski definition) is 1. The van der Waals surface area contributed by atoms with Crippen molar-refractivity contribution in [3.63, 3.8) is 0 Å². The van der Waals surface area contributed by atoms with Crippen LogP contribution in [0.4, 0.5) is 33.5 Å². The zero-order chi connectivity index (χ0) is 16.9. The van der Waals surface area contributed by atoms with Crippen molar-refractivity contribution in [3.05, 3.63) is 46.9 Å². The summed E-state index contributed by atoms with van der Waals surface area (Å²) in [5, 5.41) is 1.73. The van der Waals surface area contributed by atoms with Crippen LogP contribution in [0.5, 0.6) is 0 Å². The number of alkyl halides is 3. The molecular formula is C13H11ClF5N3. The molecule has 0 atom stereocenters. The second-order valence-corrected chi connectivity index (χ2v) is 4.02. The number of hydrogen-bond acceptors (Lipinski definition) is 3. The van der Waals surface area contributed by atoms with Crippen LogP contribution in [0.25, 0.3) is 0 Å². The van der Waals surface area contributed by atoms with Crippen molar-refractivity contribution < 1.29 is 22.0 Å². The number of benzene rings is 1. The van der Waals surface area contributed by atoms with E-state index < -0.39 is 34.5 Å². The number of anilines is 2. The van der Waals surface area contributed by atoms with Gasteiger partial charge in [-0.25, -0.2) is 13.8 Å². The van der Waals surface area contributed by atoms with Crippen molar-refractivity contribution in [2.45, 2.75) is 20.0 Å². The minimum atomic E-state index is -4.74. The number of nitrogens with one attached hydrogen (secondary N) is 1. The molecule has 0 aliphatic heterocycles. The molecule has 0 saturated heterocycles. The van der Waals surface area contributed by atoms with Gasteiger partial charge in [0.2, 0.25) is 5.28 Å². The molecule has 120 valence electrons. The molecule has 0 spiro atoms. The van der Waals surface area contributed by atoms with Crippen LogP contribution >= 0.6 is 11.6 Å². The molecule has 1 aromatic heterocycles. The summed E-state index contributed by atoms with van der Waals surface area (Å²) in [6.45, 7) is 4.00. The molecule has 0 fully saturated rings. The predicted molar refractivity (Wildman–Crippen MR) is 73.0 cm³/mol. The topological polar surface area (TPSA) is 37.8 Å². The minimum absolute atomic E-state index is 0.234. The summed E-state index contributed by atoms with van der Waals surface area (Å²) < 4.78 is 64.2. The number of aromatic nitrogens is 2. The van der Waals surface area contributed by atoms with E-state index in [9.17, 15) is 22.0 Å². The molecular weight excluding hydrogens is 329 g/mol. The Kier molecular flexibility index (Phi) is 6.04. The van der Waals surface area contributed by atoms with Crippen molar-refractivity contribution in [1.82, 2.24) is 9.97 Å². The Morgan fingerprint density at radius 1 is 1.05 bits per heavy atom. The molecule has 0 unspecified atom stereocenters. The molecule has 0 amide bonds. The fourth-order valence-electron chi connectivity index (χ4n) is 1.43. The summed E-state index contributed by atoms with van der Waals surface area (Å²) in [5.74, 6) is -2.58. The van der Waals surface area contributed by atoms with Crippen molar-refractivity contribution in [2.75, 3.05) is 5.32 Å².